The van der Waals surface area contributed by atoms with Gasteiger partial charge < -0.3 is 13.7 Å². The Morgan fingerprint density at radius 3 is 2.00 bits per heavy atom. The van der Waals surface area contributed by atoms with Gasteiger partial charge in [0.15, 0.2) is 23.0 Å². The Morgan fingerprint density at radius 2 is 1.41 bits per heavy atom. The average Bonchev–Trinajstić information content (AvgIpc) is 2.43. The zero-order valence-electron chi connectivity index (χ0n) is 10.6. The topological polar surface area (TPSA) is 61.8 Å². The van der Waals surface area contributed by atoms with E-state index in [1.165, 1.54) is 6.07 Å². The van der Waals surface area contributed by atoms with Gasteiger partial charge in [-0.25, -0.2) is 0 Å². The molecular formula is C13H7F3O5S. The first-order valence-electron chi connectivity index (χ1n) is 5.86. The predicted octanol–water partition coefficient (Wildman–Crippen LogP) is 3.81. The molecule has 0 saturated heterocycles. The first-order chi connectivity index (χ1) is 10.3. The lowest BCUT2D eigenvalue weighted by Crippen LogP contribution is -2.28. The first-order valence-corrected chi connectivity index (χ1v) is 7.27. The van der Waals surface area contributed by atoms with Crippen LogP contribution in [0.25, 0.3) is 0 Å². The molecule has 0 N–H and O–H groups in total. The van der Waals surface area contributed by atoms with E-state index in [0.717, 1.165) is 12.1 Å². The van der Waals surface area contributed by atoms with Crippen LogP contribution in [0.4, 0.5) is 13.2 Å². The molecule has 2 aromatic carbocycles. The average molecular weight is 332 g/mol. The van der Waals surface area contributed by atoms with Crippen LogP contribution in [-0.4, -0.2) is 13.9 Å². The fourth-order valence-electron chi connectivity index (χ4n) is 1.73. The highest BCUT2D eigenvalue weighted by Crippen LogP contribution is 2.46. The standard InChI is InChI=1S/C13H7F3O5S/c14-13(15,16)22(17,18)21-8-5-6-11-12(7-8)20-10-4-2-1-3-9(10)19-11/h1-7H. The van der Waals surface area contributed by atoms with Crippen molar-refractivity contribution in [2.24, 2.45) is 0 Å². The quantitative estimate of drug-likeness (QED) is 0.527. The minimum Gasteiger partial charge on any atom is -0.450 e. The van der Waals surface area contributed by atoms with Crippen LogP contribution < -0.4 is 13.7 Å². The monoisotopic (exact) mass is 332 g/mol. The molecule has 5 nitrogen and oxygen atoms in total. The highest BCUT2D eigenvalue weighted by atomic mass is 32.2. The third kappa shape index (κ3) is 2.54. The van der Waals surface area contributed by atoms with Gasteiger partial charge in [0, 0.05) is 6.07 Å². The molecule has 22 heavy (non-hydrogen) atoms. The molecule has 1 aliphatic heterocycles. The first kappa shape index (κ1) is 14.5. The van der Waals surface area contributed by atoms with Crippen LogP contribution in [0.3, 0.4) is 0 Å². The molecule has 1 heterocycles. The van der Waals surface area contributed by atoms with Crippen LogP contribution in [0, 0.1) is 0 Å². The SMILES string of the molecule is O=S(=O)(Oc1ccc2c(c1)Oc1ccccc1O2)C(F)(F)F. The Bertz CT molecular complexity index is 830. The van der Waals surface area contributed by atoms with E-state index in [9.17, 15) is 21.6 Å². The van der Waals surface area contributed by atoms with Crippen molar-refractivity contribution in [2.75, 3.05) is 0 Å². The van der Waals surface area contributed by atoms with E-state index >= 15 is 0 Å². The Labute approximate surface area is 123 Å². The van der Waals surface area contributed by atoms with Gasteiger partial charge in [-0.1, -0.05) is 12.1 Å². The van der Waals surface area contributed by atoms with Gasteiger partial charge in [-0.15, -0.1) is 0 Å². The number of hydrogen-bond donors (Lipinski definition) is 0. The zero-order valence-corrected chi connectivity index (χ0v) is 11.4. The lowest BCUT2D eigenvalue weighted by Gasteiger charge is -2.20. The van der Waals surface area contributed by atoms with Crippen LogP contribution in [0.5, 0.6) is 28.7 Å². The van der Waals surface area contributed by atoms with Gasteiger partial charge in [0.25, 0.3) is 0 Å². The summed E-state index contributed by atoms with van der Waals surface area (Å²) in [5, 5.41) is 0. The fourth-order valence-corrected chi connectivity index (χ4v) is 2.19. The number of halogens is 3. The molecule has 3 rings (SSSR count). The van der Waals surface area contributed by atoms with Crippen molar-refractivity contribution >= 4 is 10.1 Å². The summed E-state index contributed by atoms with van der Waals surface area (Å²) in [6, 6.07) is 9.96. The van der Waals surface area contributed by atoms with Gasteiger partial charge in [0.05, 0.1) is 0 Å². The van der Waals surface area contributed by atoms with Crippen LogP contribution in [0.1, 0.15) is 0 Å². The summed E-state index contributed by atoms with van der Waals surface area (Å²) >= 11 is 0. The minimum atomic E-state index is -5.73. The molecule has 0 aromatic heterocycles. The molecule has 116 valence electrons. The van der Waals surface area contributed by atoms with Gasteiger partial charge in [0.2, 0.25) is 0 Å². The van der Waals surface area contributed by atoms with E-state index in [-0.39, 0.29) is 11.5 Å². The fraction of sp³-hybridized carbons (Fsp3) is 0.0769. The Balaban J connectivity index is 1.91. The minimum absolute atomic E-state index is 0.0496. The van der Waals surface area contributed by atoms with E-state index in [0.29, 0.717) is 11.5 Å². The molecule has 0 saturated carbocycles. The van der Waals surface area contributed by atoms with Crippen molar-refractivity contribution in [3.63, 3.8) is 0 Å². The second-order valence-corrected chi connectivity index (χ2v) is 5.78. The molecule has 0 fully saturated rings. The van der Waals surface area contributed by atoms with Crippen LogP contribution in [0.15, 0.2) is 42.5 Å². The smallest absolute Gasteiger partial charge is 0.450 e. The van der Waals surface area contributed by atoms with Crippen molar-refractivity contribution < 1.29 is 35.2 Å². The number of rotatable bonds is 2. The zero-order chi connectivity index (χ0) is 16.0. The molecule has 2 aromatic rings. The number of para-hydroxylation sites is 2. The second-order valence-electron chi connectivity index (χ2n) is 4.24. The molecule has 1 aliphatic rings. The van der Waals surface area contributed by atoms with Gasteiger partial charge in [-0.05, 0) is 24.3 Å². The maximum absolute atomic E-state index is 12.3. The van der Waals surface area contributed by atoms with Crippen molar-refractivity contribution in [3.8, 4) is 28.7 Å². The summed E-state index contributed by atoms with van der Waals surface area (Å²) in [6.45, 7) is 0. The van der Waals surface area contributed by atoms with E-state index in [1.54, 1.807) is 24.3 Å². The second kappa shape index (κ2) is 4.80. The van der Waals surface area contributed by atoms with E-state index < -0.39 is 21.4 Å². The Hall–Kier alpha value is -2.42. The molecule has 0 radical (unpaired) electrons. The van der Waals surface area contributed by atoms with Crippen LogP contribution >= 0.6 is 0 Å². The number of ether oxygens (including phenoxy) is 2. The molecule has 0 aliphatic carbocycles. The van der Waals surface area contributed by atoms with Gasteiger partial charge in [0.1, 0.15) is 5.75 Å². The molecule has 0 amide bonds. The third-order valence-corrected chi connectivity index (χ3v) is 3.67. The van der Waals surface area contributed by atoms with Gasteiger partial charge in [-0.2, -0.15) is 21.6 Å². The van der Waals surface area contributed by atoms with E-state index in [2.05, 4.69) is 4.18 Å². The van der Waals surface area contributed by atoms with E-state index in [1.807, 2.05) is 0 Å². The van der Waals surface area contributed by atoms with Crippen LogP contribution in [0.2, 0.25) is 0 Å². The molecule has 0 spiro atoms. The number of fused-ring (bicyclic) bond motifs is 2. The third-order valence-electron chi connectivity index (χ3n) is 2.69. The number of benzene rings is 2. The maximum atomic E-state index is 12.3. The molecule has 0 atom stereocenters. The van der Waals surface area contributed by atoms with Crippen molar-refractivity contribution in [2.45, 2.75) is 5.51 Å². The summed E-state index contributed by atoms with van der Waals surface area (Å²) in [7, 11) is -5.73. The summed E-state index contributed by atoms with van der Waals surface area (Å²) in [6.07, 6.45) is 0. The summed E-state index contributed by atoms with van der Waals surface area (Å²) in [5.41, 5.74) is -5.51. The molecule has 0 bridgehead atoms. The van der Waals surface area contributed by atoms with E-state index in [4.69, 9.17) is 9.47 Å². The van der Waals surface area contributed by atoms with Crippen molar-refractivity contribution in [3.05, 3.63) is 42.5 Å². The summed E-state index contributed by atoms with van der Waals surface area (Å²) in [5.74, 6) is 0.542. The number of alkyl halides is 3. The predicted molar refractivity (Wildman–Crippen MR) is 68.6 cm³/mol. The van der Waals surface area contributed by atoms with Gasteiger partial charge >= 0.3 is 15.6 Å². The number of hydrogen-bond acceptors (Lipinski definition) is 5. The summed E-state index contributed by atoms with van der Waals surface area (Å²) in [4.78, 5) is 0. The van der Waals surface area contributed by atoms with Gasteiger partial charge in [-0.3, -0.25) is 0 Å². The van der Waals surface area contributed by atoms with Crippen LogP contribution in [-0.2, 0) is 10.1 Å². The maximum Gasteiger partial charge on any atom is 0.534 e. The highest BCUT2D eigenvalue weighted by Gasteiger charge is 2.48. The lowest BCUT2D eigenvalue weighted by molar-refractivity contribution is -0.0500. The largest absolute Gasteiger partial charge is 0.534 e. The molecule has 0 unspecified atom stereocenters. The molecular weight excluding hydrogens is 325 g/mol. The van der Waals surface area contributed by atoms with Crippen molar-refractivity contribution in [1.29, 1.82) is 0 Å². The lowest BCUT2D eigenvalue weighted by atomic mass is 10.2. The Morgan fingerprint density at radius 1 is 0.864 bits per heavy atom. The van der Waals surface area contributed by atoms with Crippen molar-refractivity contribution in [1.82, 2.24) is 0 Å². The normalized spacial score (nSPS) is 13.4. The molecule has 9 heteroatoms. The Kier molecular flexibility index (Phi) is 3.17. The highest BCUT2D eigenvalue weighted by molar-refractivity contribution is 7.88. The summed E-state index contributed by atoms with van der Waals surface area (Å²) < 4.78 is 73.7.